The molecular formula is C24H28N2O2. The monoisotopic (exact) mass is 376 g/mol. The molecule has 0 radical (unpaired) electrons. The molecule has 0 atom stereocenters. The van der Waals surface area contributed by atoms with Gasteiger partial charge in [-0.15, -0.1) is 12.8 Å². The first-order valence-electron chi connectivity index (χ1n) is 9.08. The lowest BCUT2D eigenvalue weighted by Gasteiger charge is -2.19. The summed E-state index contributed by atoms with van der Waals surface area (Å²) in [7, 11) is 0. The second-order valence-electron chi connectivity index (χ2n) is 7.11. The number of esters is 1. The third-order valence-corrected chi connectivity index (χ3v) is 3.39. The third-order valence-electron chi connectivity index (χ3n) is 3.39. The quantitative estimate of drug-likeness (QED) is 0.350. The van der Waals surface area contributed by atoms with Gasteiger partial charge in [-0.1, -0.05) is 24.0 Å². The number of anilines is 2. The van der Waals surface area contributed by atoms with Crippen LogP contribution in [0, 0.1) is 24.7 Å². The summed E-state index contributed by atoms with van der Waals surface area (Å²) in [5.41, 5.74) is 8.39. The Kier molecular flexibility index (Phi) is 9.20. The Morgan fingerprint density at radius 2 is 1.68 bits per heavy atom. The van der Waals surface area contributed by atoms with Crippen LogP contribution in [0.4, 0.5) is 11.4 Å². The standard InChI is InChI=1S/C16H21NO2.C8H7N/c1-5-13-8-6-9-14(12-13)17-11-7-10-15(18)19-16(2,3)4;1-2-7-4-3-5-8(9)6-7/h1,6,8-9,12,17H,7,10-11H2,2-4H3;1,3-6H,9H2. The number of carbonyl (C=O) groups excluding carboxylic acids is 1. The Hall–Kier alpha value is -3.37. The maximum absolute atomic E-state index is 11.5. The number of ether oxygens (including phenoxy) is 1. The Balaban J connectivity index is 0.000000362. The molecular weight excluding hydrogens is 348 g/mol. The number of rotatable bonds is 5. The van der Waals surface area contributed by atoms with Gasteiger partial charge in [0.2, 0.25) is 0 Å². The number of nitrogens with two attached hydrogens (primary N) is 1. The van der Waals surface area contributed by atoms with E-state index in [1.807, 2.05) is 57.2 Å². The minimum Gasteiger partial charge on any atom is -0.460 e. The fraction of sp³-hybridized carbons (Fsp3) is 0.292. The molecule has 0 fully saturated rings. The molecule has 2 rings (SSSR count). The van der Waals surface area contributed by atoms with E-state index in [0.717, 1.165) is 23.2 Å². The minimum absolute atomic E-state index is 0.160. The largest absolute Gasteiger partial charge is 0.460 e. The zero-order chi connectivity index (χ0) is 21.0. The van der Waals surface area contributed by atoms with E-state index in [2.05, 4.69) is 17.2 Å². The molecule has 0 amide bonds. The van der Waals surface area contributed by atoms with Crippen molar-refractivity contribution >= 4 is 17.3 Å². The second-order valence-corrected chi connectivity index (χ2v) is 7.11. The molecule has 28 heavy (non-hydrogen) atoms. The van der Waals surface area contributed by atoms with E-state index >= 15 is 0 Å². The molecule has 146 valence electrons. The van der Waals surface area contributed by atoms with Gasteiger partial charge in [0.15, 0.2) is 0 Å². The zero-order valence-electron chi connectivity index (χ0n) is 16.8. The molecule has 0 aliphatic heterocycles. The Bertz CT molecular complexity index is 852. The van der Waals surface area contributed by atoms with E-state index in [1.165, 1.54) is 0 Å². The van der Waals surface area contributed by atoms with Crippen molar-refractivity contribution in [3.8, 4) is 24.7 Å². The summed E-state index contributed by atoms with van der Waals surface area (Å²) in [6, 6.07) is 14.9. The zero-order valence-corrected chi connectivity index (χ0v) is 16.8. The van der Waals surface area contributed by atoms with Crippen molar-refractivity contribution < 1.29 is 9.53 Å². The van der Waals surface area contributed by atoms with Gasteiger partial charge < -0.3 is 15.8 Å². The van der Waals surface area contributed by atoms with E-state index in [9.17, 15) is 4.79 Å². The van der Waals surface area contributed by atoms with Crippen molar-refractivity contribution in [2.75, 3.05) is 17.6 Å². The van der Waals surface area contributed by atoms with Crippen LogP contribution in [0.15, 0.2) is 48.5 Å². The fourth-order valence-electron chi connectivity index (χ4n) is 2.21. The van der Waals surface area contributed by atoms with Crippen LogP contribution in [0.1, 0.15) is 44.7 Å². The van der Waals surface area contributed by atoms with Crippen LogP contribution < -0.4 is 11.1 Å². The van der Waals surface area contributed by atoms with Gasteiger partial charge >= 0.3 is 5.97 Å². The smallest absolute Gasteiger partial charge is 0.306 e. The first-order valence-corrected chi connectivity index (χ1v) is 9.08. The molecule has 0 spiro atoms. The molecule has 0 aliphatic carbocycles. The molecule has 2 aromatic rings. The molecule has 0 saturated heterocycles. The summed E-state index contributed by atoms with van der Waals surface area (Å²) in [5.74, 6) is 4.91. The predicted molar refractivity (Wildman–Crippen MR) is 117 cm³/mol. The van der Waals surface area contributed by atoms with Crippen LogP contribution in [0.2, 0.25) is 0 Å². The normalized spacial score (nSPS) is 9.89. The highest BCUT2D eigenvalue weighted by Crippen LogP contribution is 2.11. The van der Waals surface area contributed by atoms with Gasteiger partial charge in [-0.3, -0.25) is 4.79 Å². The summed E-state index contributed by atoms with van der Waals surface area (Å²) in [6.07, 6.45) is 11.6. The van der Waals surface area contributed by atoms with Crippen LogP contribution >= 0.6 is 0 Å². The lowest BCUT2D eigenvalue weighted by molar-refractivity contribution is -0.154. The molecule has 0 aromatic heterocycles. The van der Waals surface area contributed by atoms with E-state index in [1.54, 1.807) is 12.1 Å². The average Bonchev–Trinajstić information content (AvgIpc) is 2.64. The summed E-state index contributed by atoms with van der Waals surface area (Å²) >= 11 is 0. The number of benzene rings is 2. The number of hydrogen-bond donors (Lipinski definition) is 2. The van der Waals surface area contributed by atoms with Crippen molar-refractivity contribution in [1.82, 2.24) is 0 Å². The molecule has 0 bridgehead atoms. The summed E-state index contributed by atoms with van der Waals surface area (Å²) in [5, 5.41) is 3.23. The fourth-order valence-corrected chi connectivity index (χ4v) is 2.21. The van der Waals surface area contributed by atoms with E-state index < -0.39 is 5.60 Å². The molecule has 2 aromatic carbocycles. The van der Waals surface area contributed by atoms with Gasteiger partial charge in [-0.05, 0) is 63.6 Å². The summed E-state index contributed by atoms with van der Waals surface area (Å²) in [4.78, 5) is 11.5. The molecule has 0 saturated carbocycles. The highest BCUT2D eigenvalue weighted by molar-refractivity contribution is 5.69. The van der Waals surface area contributed by atoms with Crippen molar-refractivity contribution in [2.24, 2.45) is 0 Å². The van der Waals surface area contributed by atoms with Gasteiger partial charge in [0.05, 0.1) is 0 Å². The molecule has 3 N–H and O–H groups in total. The van der Waals surface area contributed by atoms with Crippen LogP contribution in [-0.4, -0.2) is 18.1 Å². The number of hydrogen-bond acceptors (Lipinski definition) is 4. The number of terminal acetylenes is 2. The summed E-state index contributed by atoms with van der Waals surface area (Å²) in [6.45, 7) is 6.32. The van der Waals surface area contributed by atoms with E-state index in [0.29, 0.717) is 18.7 Å². The van der Waals surface area contributed by atoms with Crippen molar-refractivity contribution in [3.63, 3.8) is 0 Å². The number of carbonyl (C=O) groups is 1. The van der Waals surface area contributed by atoms with Crippen molar-refractivity contribution in [2.45, 2.75) is 39.2 Å². The summed E-state index contributed by atoms with van der Waals surface area (Å²) < 4.78 is 5.23. The SMILES string of the molecule is C#Cc1cccc(N)c1.C#Cc1cccc(NCCCC(=O)OC(C)(C)C)c1. The minimum atomic E-state index is -0.411. The highest BCUT2D eigenvalue weighted by atomic mass is 16.6. The van der Waals surface area contributed by atoms with Crippen LogP contribution in [-0.2, 0) is 9.53 Å². The van der Waals surface area contributed by atoms with Gasteiger partial charge in [-0.25, -0.2) is 0 Å². The Morgan fingerprint density at radius 1 is 1.07 bits per heavy atom. The first-order chi connectivity index (χ1) is 13.2. The third kappa shape index (κ3) is 9.94. The van der Waals surface area contributed by atoms with E-state index in [4.69, 9.17) is 23.3 Å². The van der Waals surface area contributed by atoms with Gasteiger partial charge in [-0.2, -0.15) is 0 Å². The average molecular weight is 377 g/mol. The molecule has 0 heterocycles. The van der Waals surface area contributed by atoms with Crippen LogP contribution in [0.5, 0.6) is 0 Å². The molecule has 0 unspecified atom stereocenters. The Morgan fingerprint density at radius 3 is 2.21 bits per heavy atom. The van der Waals surface area contributed by atoms with Crippen LogP contribution in [0.25, 0.3) is 0 Å². The second kappa shape index (κ2) is 11.4. The molecule has 0 aliphatic rings. The number of nitrogen functional groups attached to an aromatic ring is 1. The van der Waals surface area contributed by atoms with Gasteiger partial charge in [0.1, 0.15) is 5.60 Å². The first kappa shape index (κ1) is 22.7. The highest BCUT2D eigenvalue weighted by Gasteiger charge is 2.15. The molecule has 4 nitrogen and oxygen atoms in total. The van der Waals surface area contributed by atoms with Gasteiger partial charge in [0, 0.05) is 35.5 Å². The predicted octanol–water partition coefficient (Wildman–Crippen LogP) is 4.45. The Labute approximate surface area is 168 Å². The van der Waals surface area contributed by atoms with Crippen LogP contribution in [0.3, 0.4) is 0 Å². The maximum atomic E-state index is 11.5. The number of nitrogens with one attached hydrogen (secondary N) is 1. The maximum Gasteiger partial charge on any atom is 0.306 e. The lowest BCUT2D eigenvalue weighted by Crippen LogP contribution is -2.24. The molecule has 4 heteroatoms. The van der Waals surface area contributed by atoms with Gasteiger partial charge in [0.25, 0.3) is 0 Å². The van der Waals surface area contributed by atoms with Crippen molar-refractivity contribution in [1.29, 1.82) is 0 Å². The van der Waals surface area contributed by atoms with E-state index in [-0.39, 0.29) is 5.97 Å². The topological polar surface area (TPSA) is 64.3 Å². The lowest BCUT2D eigenvalue weighted by atomic mass is 10.2. The van der Waals surface area contributed by atoms with Crippen molar-refractivity contribution in [3.05, 3.63) is 59.7 Å².